The number of halogens is 3. The van der Waals surface area contributed by atoms with Crippen molar-refractivity contribution >= 4 is 23.9 Å². The molecule has 0 atom stereocenters. The van der Waals surface area contributed by atoms with Crippen LogP contribution in [-0.4, -0.2) is 36.2 Å². The monoisotopic (exact) mass is 438 g/mol. The van der Waals surface area contributed by atoms with Crippen LogP contribution in [0, 0.1) is 18.6 Å². The second kappa shape index (κ2) is 7.86. The average molecular weight is 438 g/mol. The van der Waals surface area contributed by atoms with E-state index in [-0.39, 0.29) is 29.2 Å². The van der Waals surface area contributed by atoms with Gasteiger partial charge in [-0.3, -0.25) is 14.7 Å². The summed E-state index contributed by atoms with van der Waals surface area (Å²) in [5.41, 5.74) is -0.203. The summed E-state index contributed by atoms with van der Waals surface area (Å²) >= 11 is 4.98. The molecule has 2 heterocycles. The van der Waals surface area contributed by atoms with Gasteiger partial charge in [-0.15, -0.1) is 0 Å². The lowest BCUT2D eigenvalue weighted by atomic mass is 10.1. The molecule has 3 aromatic rings. The van der Waals surface area contributed by atoms with E-state index in [2.05, 4.69) is 20.6 Å². The van der Waals surface area contributed by atoms with Crippen LogP contribution in [0.15, 0.2) is 24.3 Å². The number of alkyl halides is 3. The minimum absolute atomic E-state index is 0.0280. The summed E-state index contributed by atoms with van der Waals surface area (Å²) in [5, 5.41) is 13.1. The van der Waals surface area contributed by atoms with Gasteiger partial charge in [0.25, 0.3) is 11.7 Å². The molecule has 1 amide bonds. The molecule has 0 aliphatic rings. The minimum atomic E-state index is -4.52. The second-order valence-electron chi connectivity index (χ2n) is 6.52. The lowest BCUT2D eigenvalue weighted by Crippen LogP contribution is -2.32. The van der Waals surface area contributed by atoms with Crippen LogP contribution >= 0.6 is 12.2 Å². The van der Waals surface area contributed by atoms with E-state index in [9.17, 15) is 22.8 Å². The zero-order chi connectivity index (χ0) is 22.2. The predicted octanol–water partition coefficient (Wildman–Crippen LogP) is 2.80. The third-order valence-electron chi connectivity index (χ3n) is 4.52. The molecule has 0 spiro atoms. The van der Waals surface area contributed by atoms with E-state index in [1.54, 1.807) is 11.6 Å². The molecule has 0 aliphatic heterocycles. The molecule has 0 saturated carbocycles. The molecule has 0 aliphatic carbocycles. The van der Waals surface area contributed by atoms with Crippen LogP contribution in [0.2, 0.25) is 0 Å². The van der Waals surface area contributed by atoms with Gasteiger partial charge in [-0.05, 0) is 44.3 Å². The van der Waals surface area contributed by atoms with Crippen molar-refractivity contribution in [2.45, 2.75) is 26.6 Å². The lowest BCUT2D eigenvalue weighted by Gasteiger charge is -2.10. The fourth-order valence-electron chi connectivity index (χ4n) is 2.93. The molecule has 2 aromatic heterocycles. The van der Waals surface area contributed by atoms with Crippen LogP contribution in [-0.2, 0) is 24.6 Å². The first-order valence-corrected chi connectivity index (χ1v) is 9.08. The number of hydrogen-bond donors (Lipinski definition) is 2. The number of benzene rings is 1. The Morgan fingerprint density at radius 2 is 1.97 bits per heavy atom. The first kappa shape index (κ1) is 21.4. The Morgan fingerprint density at radius 1 is 1.27 bits per heavy atom. The molecular weight excluding hydrogens is 421 g/mol. The van der Waals surface area contributed by atoms with Crippen LogP contribution in [0.25, 0.3) is 5.69 Å². The Labute approximate surface area is 173 Å². The number of nitrogens with one attached hydrogen (secondary N) is 2. The number of H-pyrrole nitrogens is 1. The van der Waals surface area contributed by atoms with Crippen LogP contribution in [0.3, 0.4) is 0 Å². The van der Waals surface area contributed by atoms with E-state index >= 15 is 0 Å². The van der Waals surface area contributed by atoms with E-state index < -0.39 is 23.4 Å². The van der Waals surface area contributed by atoms with Gasteiger partial charge in [-0.2, -0.15) is 23.4 Å². The molecule has 0 radical (unpaired) electrons. The molecule has 0 fully saturated rings. The highest BCUT2D eigenvalue weighted by atomic mass is 32.1. The minimum Gasteiger partial charge on any atom is -0.342 e. The predicted molar refractivity (Wildman–Crippen MR) is 103 cm³/mol. The number of carbonyl (C=O) groups is 2. The summed E-state index contributed by atoms with van der Waals surface area (Å²) in [5.74, 6) is -1.31. The van der Waals surface area contributed by atoms with E-state index in [0.717, 1.165) is 12.1 Å². The summed E-state index contributed by atoms with van der Waals surface area (Å²) < 4.78 is 42.1. The van der Waals surface area contributed by atoms with Crippen molar-refractivity contribution in [1.82, 2.24) is 29.9 Å². The van der Waals surface area contributed by atoms with Gasteiger partial charge >= 0.3 is 6.18 Å². The fourth-order valence-corrected chi connectivity index (χ4v) is 3.08. The summed E-state index contributed by atoms with van der Waals surface area (Å²) in [4.78, 5) is 25.0. The van der Waals surface area contributed by atoms with E-state index in [0.29, 0.717) is 10.6 Å². The number of aromatic nitrogens is 5. The Kier molecular flexibility index (Phi) is 5.61. The summed E-state index contributed by atoms with van der Waals surface area (Å²) in [6.45, 7) is 2.99. The van der Waals surface area contributed by atoms with Gasteiger partial charge in [0.1, 0.15) is 0 Å². The van der Waals surface area contributed by atoms with Gasteiger partial charge in [0.2, 0.25) is 0 Å². The highest BCUT2D eigenvalue weighted by Gasteiger charge is 2.31. The molecular formula is C18H17F3N6O2S. The van der Waals surface area contributed by atoms with Crippen molar-refractivity contribution in [2.24, 2.45) is 7.05 Å². The van der Waals surface area contributed by atoms with Crippen LogP contribution in [0.1, 0.15) is 33.1 Å². The van der Waals surface area contributed by atoms with Crippen LogP contribution in [0.5, 0.6) is 0 Å². The summed E-state index contributed by atoms with van der Waals surface area (Å²) in [6, 6.07) is 4.56. The molecule has 0 unspecified atom stereocenters. The molecule has 3 rings (SSSR count). The Morgan fingerprint density at radius 3 is 2.57 bits per heavy atom. The maximum atomic E-state index is 13.0. The second-order valence-corrected chi connectivity index (χ2v) is 6.91. The lowest BCUT2D eigenvalue weighted by molar-refractivity contribution is -0.137. The van der Waals surface area contributed by atoms with Crippen molar-refractivity contribution in [3.63, 3.8) is 0 Å². The molecule has 8 nitrogen and oxygen atoms in total. The maximum Gasteiger partial charge on any atom is 0.416 e. The average Bonchev–Trinajstić information content (AvgIpc) is 3.17. The number of ketones is 1. The number of aromatic amines is 1. The number of amides is 1. The quantitative estimate of drug-likeness (QED) is 0.363. The van der Waals surface area contributed by atoms with Crippen LogP contribution < -0.4 is 5.32 Å². The highest BCUT2D eigenvalue weighted by molar-refractivity contribution is 7.71. The number of rotatable bonds is 5. The van der Waals surface area contributed by atoms with E-state index in [1.807, 2.05) is 0 Å². The molecule has 0 bridgehead atoms. The Bertz CT molecular complexity index is 1190. The molecule has 2 N–H and O–H groups in total. The van der Waals surface area contributed by atoms with Gasteiger partial charge < -0.3 is 9.88 Å². The molecule has 1 aromatic carbocycles. The molecule has 12 heteroatoms. The standard InChI is InChI=1S/C18H17F3N6O2S/c1-9-14(15(28)16(29)22-8-13-23-24-17(30)26(13)3)10(2)27(25-9)12-6-4-5-11(7-12)18(19,20)21/h4-7H,8H2,1-3H3,(H,22,29)(H,24,30). The smallest absolute Gasteiger partial charge is 0.342 e. The third kappa shape index (κ3) is 4.03. The fraction of sp³-hybridized carbons (Fsp3) is 0.278. The van der Waals surface area contributed by atoms with Crippen molar-refractivity contribution in [3.05, 3.63) is 57.4 Å². The number of carbonyl (C=O) groups excluding carboxylic acids is 2. The Hall–Kier alpha value is -3.28. The number of nitrogens with zero attached hydrogens (tertiary/aromatic N) is 4. The van der Waals surface area contributed by atoms with Crippen molar-refractivity contribution in [2.75, 3.05) is 0 Å². The number of Topliss-reactive ketones (excluding diaryl/α,β-unsaturated/α-hetero) is 1. The van der Waals surface area contributed by atoms with Crippen molar-refractivity contribution in [3.8, 4) is 5.69 Å². The molecule has 0 saturated heterocycles. The maximum absolute atomic E-state index is 13.0. The van der Waals surface area contributed by atoms with Gasteiger partial charge in [0, 0.05) is 7.05 Å². The van der Waals surface area contributed by atoms with E-state index in [4.69, 9.17) is 12.2 Å². The van der Waals surface area contributed by atoms with Gasteiger partial charge in [0.15, 0.2) is 10.6 Å². The largest absolute Gasteiger partial charge is 0.416 e. The molecule has 158 valence electrons. The highest BCUT2D eigenvalue weighted by Crippen LogP contribution is 2.30. The summed E-state index contributed by atoms with van der Waals surface area (Å²) in [6.07, 6.45) is -4.52. The van der Waals surface area contributed by atoms with Gasteiger partial charge in [0.05, 0.1) is 34.7 Å². The molecule has 30 heavy (non-hydrogen) atoms. The number of aryl methyl sites for hydroxylation is 1. The first-order chi connectivity index (χ1) is 14.0. The van der Waals surface area contributed by atoms with Crippen molar-refractivity contribution in [1.29, 1.82) is 0 Å². The zero-order valence-electron chi connectivity index (χ0n) is 16.2. The SMILES string of the molecule is Cc1nn(-c2cccc(C(F)(F)F)c2)c(C)c1C(=O)C(=O)NCc1n[nH]c(=S)n1C. The summed E-state index contributed by atoms with van der Waals surface area (Å²) in [7, 11) is 1.66. The van der Waals surface area contributed by atoms with Gasteiger partial charge in [-0.25, -0.2) is 4.68 Å². The normalized spacial score (nSPS) is 11.5. The van der Waals surface area contributed by atoms with Crippen LogP contribution in [0.4, 0.5) is 13.2 Å². The topological polar surface area (TPSA) is 97.6 Å². The van der Waals surface area contributed by atoms with Crippen molar-refractivity contribution < 1.29 is 22.8 Å². The zero-order valence-corrected chi connectivity index (χ0v) is 17.0. The first-order valence-electron chi connectivity index (χ1n) is 8.67. The van der Waals surface area contributed by atoms with Gasteiger partial charge in [-0.1, -0.05) is 6.07 Å². The third-order valence-corrected chi connectivity index (χ3v) is 4.89. The Balaban J connectivity index is 1.86. The van der Waals surface area contributed by atoms with E-state index in [1.165, 1.54) is 30.7 Å². The number of hydrogen-bond acceptors (Lipinski definition) is 5.